The first-order valence-electron chi connectivity index (χ1n) is 9.09. The highest BCUT2D eigenvalue weighted by Gasteiger charge is 2.32. The first-order valence-corrected chi connectivity index (χ1v) is 9.90. The Morgan fingerprint density at radius 1 is 1.18 bits per heavy atom. The zero-order chi connectivity index (χ0) is 20.3. The summed E-state index contributed by atoms with van der Waals surface area (Å²) in [6.07, 6.45) is -0.692. The third-order valence-corrected chi connectivity index (χ3v) is 5.69. The fraction of sp³-hybridized carbons (Fsp3) is 0.400. The van der Waals surface area contributed by atoms with Crippen LogP contribution in [0.25, 0.3) is 0 Å². The molecule has 1 aliphatic carbocycles. The Hall–Kier alpha value is -2.35. The maximum Gasteiger partial charge on any atom is 0.416 e. The van der Waals surface area contributed by atoms with Gasteiger partial charge in [-0.25, -0.2) is 0 Å². The van der Waals surface area contributed by atoms with Crippen LogP contribution in [0.2, 0.25) is 0 Å². The number of alkyl halides is 3. The molecule has 0 bridgehead atoms. The van der Waals surface area contributed by atoms with Crippen molar-refractivity contribution in [3.63, 3.8) is 0 Å². The predicted molar refractivity (Wildman–Crippen MR) is 103 cm³/mol. The second-order valence-corrected chi connectivity index (χ2v) is 8.19. The van der Waals surface area contributed by atoms with Crippen molar-refractivity contribution in [3.05, 3.63) is 51.7 Å². The number of nitrogens with one attached hydrogen (secondary N) is 1. The van der Waals surface area contributed by atoms with Crippen LogP contribution in [0.4, 0.5) is 18.9 Å². The van der Waals surface area contributed by atoms with E-state index in [0.717, 1.165) is 47.6 Å². The summed E-state index contributed by atoms with van der Waals surface area (Å²) in [6.45, 7) is 1.51. The van der Waals surface area contributed by atoms with Crippen LogP contribution in [-0.4, -0.2) is 24.4 Å². The molecule has 28 heavy (non-hydrogen) atoms. The topological polar surface area (TPSA) is 49.4 Å². The van der Waals surface area contributed by atoms with E-state index in [1.54, 1.807) is 12.1 Å². The number of carbonyl (C=O) groups excluding carboxylic acids is 2. The SMILES string of the molecule is Cc1ccc(C(=O)N(CC(=O)NC2CCCC2)c2cccc(C(F)(F)F)c2)s1. The van der Waals surface area contributed by atoms with Gasteiger partial charge >= 0.3 is 6.18 Å². The largest absolute Gasteiger partial charge is 0.416 e. The summed E-state index contributed by atoms with van der Waals surface area (Å²) in [7, 11) is 0. The van der Waals surface area contributed by atoms with Gasteiger partial charge < -0.3 is 5.32 Å². The second kappa shape index (κ2) is 8.34. The number of anilines is 1. The Labute approximate surface area is 165 Å². The Bertz CT molecular complexity index is 857. The number of carbonyl (C=O) groups is 2. The van der Waals surface area contributed by atoms with Gasteiger partial charge in [0.15, 0.2) is 0 Å². The third kappa shape index (κ3) is 4.92. The smallest absolute Gasteiger partial charge is 0.352 e. The number of amides is 2. The van der Waals surface area contributed by atoms with E-state index in [2.05, 4.69) is 5.32 Å². The van der Waals surface area contributed by atoms with E-state index in [-0.39, 0.29) is 24.2 Å². The van der Waals surface area contributed by atoms with Crippen LogP contribution in [0, 0.1) is 6.92 Å². The highest BCUT2D eigenvalue weighted by atomic mass is 32.1. The number of hydrogen-bond donors (Lipinski definition) is 1. The van der Waals surface area contributed by atoms with Crippen LogP contribution in [-0.2, 0) is 11.0 Å². The van der Waals surface area contributed by atoms with Crippen molar-refractivity contribution >= 4 is 28.8 Å². The van der Waals surface area contributed by atoms with Gasteiger partial charge in [0, 0.05) is 16.6 Å². The van der Waals surface area contributed by atoms with Crippen molar-refractivity contribution in [3.8, 4) is 0 Å². The van der Waals surface area contributed by atoms with Gasteiger partial charge in [-0.15, -0.1) is 11.3 Å². The van der Waals surface area contributed by atoms with Gasteiger partial charge in [-0.05, 0) is 50.1 Å². The first-order chi connectivity index (χ1) is 13.2. The molecular weight excluding hydrogens is 389 g/mol. The van der Waals surface area contributed by atoms with Crippen molar-refractivity contribution in [1.82, 2.24) is 5.32 Å². The van der Waals surface area contributed by atoms with E-state index in [0.29, 0.717) is 4.88 Å². The number of nitrogens with zero attached hydrogens (tertiary/aromatic N) is 1. The van der Waals surface area contributed by atoms with Gasteiger partial charge in [0.25, 0.3) is 5.91 Å². The number of rotatable bonds is 5. The number of hydrogen-bond acceptors (Lipinski definition) is 3. The van der Waals surface area contributed by atoms with E-state index in [9.17, 15) is 22.8 Å². The Morgan fingerprint density at radius 3 is 2.50 bits per heavy atom. The maximum atomic E-state index is 13.1. The number of halogens is 3. The van der Waals surface area contributed by atoms with E-state index >= 15 is 0 Å². The highest BCUT2D eigenvalue weighted by Crippen LogP contribution is 2.32. The molecular formula is C20H21F3N2O2S. The minimum atomic E-state index is -4.53. The molecule has 1 N–H and O–H groups in total. The van der Waals surface area contributed by atoms with Crippen molar-refractivity contribution in [2.75, 3.05) is 11.4 Å². The van der Waals surface area contributed by atoms with Gasteiger partial charge in [-0.2, -0.15) is 13.2 Å². The Balaban J connectivity index is 1.87. The zero-order valence-electron chi connectivity index (χ0n) is 15.4. The van der Waals surface area contributed by atoms with Crippen LogP contribution in [0.15, 0.2) is 36.4 Å². The van der Waals surface area contributed by atoms with Crippen molar-refractivity contribution in [1.29, 1.82) is 0 Å². The summed E-state index contributed by atoms with van der Waals surface area (Å²) < 4.78 is 39.3. The van der Waals surface area contributed by atoms with E-state index in [1.807, 2.05) is 6.92 Å². The molecule has 2 amide bonds. The predicted octanol–water partition coefficient (Wildman–Crippen LogP) is 4.78. The van der Waals surface area contributed by atoms with Gasteiger partial charge in [-0.1, -0.05) is 18.9 Å². The number of thiophene rings is 1. The molecule has 150 valence electrons. The molecule has 1 aromatic carbocycles. The Morgan fingerprint density at radius 2 is 1.89 bits per heavy atom. The summed E-state index contributed by atoms with van der Waals surface area (Å²) in [5.74, 6) is -0.857. The first kappa shape index (κ1) is 20.4. The molecule has 0 atom stereocenters. The van der Waals surface area contributed by atoms with Crippen LogP contribution in [0.3, 0.4) is 0 Å². The van der Waals surface area contributed by atoms with Crippen LogP contribution in [0.5, 0.6) is 0 Å². The fourth-order valence-corrected chi connectivity index (χ4v) is 4.12. The van der Waals surface area contributed by atoms with E-state index < -0.39 is 17.6 Å². The van der Waals surface area contributed by atoms with Crippen LogP contribution in [0.1, 0.15) is 45.8 Å². The molecule has 1 fully saturated rings. The van der Waals surface area contributed by atoms with E-state index in [1.165, 1.54) is 23.5 Å². The van der Waals surface area contributed by atoms with E-state index in [4.69, 9.17) is 0 Å². The quantitative estimate of drug-likeness (QED) is 0.771. The molecule has 4 nitrogen and oxygen atoms in total. The second-order valence-electron chi connectivity index (χ2n) is 6.90. The average molecular weight is 410 g/mol. The minimum Gasteiger partial charge on any atom is -0.352 e. The number of aryl methyl sites for hydroxylation is 1. The zero-order valence-corrected chi connectivity index (χ0v) is 16.2. The lowest BCUT2D eigenvalue weighted by Crippen LogP contribution is -2.43. The maximum absolute atomic E-state index is 13.1. The molecule has 0 saturated heterocycles. The monoisotopic (exact) mass is 410 g/mol. The molecule has 1 heterocycles. The average Bonchev–Trinajstić information content (AvgIpc) is 3.30. The summed E-state index contributed by atoms with van der Waals surface area (Å²) in [5.41, 5.74) is -0.811. The summed E-state index contributed by atoms with van der Waals surface area (Å²) >= 11 is 1.24. The van der Waals surface area contributed by atoms with Crippen LogP contribution < -0.4 is 10.2 Å². The molecule has 3 rings (SSSR count). The minimum absolute atomic E-state index is 0.0486. The van der Waals surface area contributed by atoms with Gasteiger partial charge in [0.2, 0.25) is 5.91 Å². The standard InChI is InChI=1S/C20H21F3N2O2S/c1-13-9-10-17(28-13)19(27)25(12-18(26)24-15-6-2-3-7-15)16-8-4-5-14(11-16)20(21,22)23/h4-5,8-11,15H,2-3,6-7,12H2,1H3,(H,24,26). The molecule has 1 aromatic heterocycles. The summed E-state index contributed by atoms with van der Waals surface area (Å²) in [6, 6.07) is 7.96. The molecule has 0 spiro atoms. The van der Waals surface area contributed by atoms with Gasteiger partial charge in [-0.3, -0.25) is 14.5 Å². The lowest BCUT2D eigenvalue weighted by atomic mass is 10.1. The van der Waals surface area contributed by atoms with Gasteiger partial charge in [0.05, 0.1) is 10.4 Å². The molecule has 0 aliphatic heterocycles. The van der Waals surface area contributed by atoms with Crippen molar-refractivity contribution in [2.24, 2.45) is 0 Å². The molecule has 0 unspecified atom stereocenters. The molecule has 1 saturated carbocycles. The highest BCUT2D eigenvalue weighted by molar-refractivity contribution is 7.14. The summed E-state index contributed by atoms with van der Waals surface area (Å²) in [4.78, 5) is 27.8. The van der Waals surface area contributed by atoms with Gasteiger partial charge in [0.1, 0.15) is 6.54 Å². The summed E-state index contributed by atoms with van der Waals surface area (Å²) in [5, 5.41) is 2.88. The normalized spacial score (nSPS) is 14.9. The molecule has 2 aromatic rings. The molecule has 0 radical (unpaired) electrons. The lowest BCUT2D eigenvalue weighted by Gasteiger charge is -2.24. The van der Waals surface area contributed by atoms with Crippen LogP contribution >= 0.6 is 11.3 Å². The van der Waals surface area contributed by atoms with Crippen molar-refractivity contribution < 1.29 is 22.8 Å². The third-order valence-electron chi connectivity index (χ3n) is 4.70. The van der Waals surface area contributed by atoms with Crippen molar-refractivity contribution in [2.45, 2.75) is 44.8 Å². The number of benzene rings is 1. The Kier molecular flexibility index (Phi) is 6.07. The fourth-order valence-electron chi connectivity index (χ4n) is 3.30. The molecule has 1 aliphatic rings. The lowest BCUT2D eigenvalue weighted by molar-refractivity contribution is -0.137. The molecule has 8 heteroatoms.